The Kier molecular flexibility index (Phi) is 3.99. The van der Waals surface area contributed by atoms with E-state index in [1.165, 1.54) is 10.8 Å². The van der Waals surface area contributed by atoms with E-state index in [0.717, 1.165) is 51.9 Å². The highest BCUT2D eigenvalue weighted by Crippen LogP contribution is 2.64. The summed E-state index contributed by atoms with van der Waals surface area (Å²) in [5.74, 6) is 0.654. The molecule has 0 spiro atoms. The molecule has 0 N–H and O–H groups in total. The van der Waals surface area contributed by atoms with E-state index < -0.39 is 18.7 Å². The summed E-state index contributed by atoms with van der Waals surface area (Å²) in [5, 5.41) is 11.1. The predicted octanol–water partition coefficient (Wildman–Crippen LogP) is 2.32. The monoisotopic (exact) mass is 355 g/mol. The van der Waals surface area contributed by atoms with Gasteiger partial charge in [-0.2, -0.15) is 0 Å². The van der Waals surface area contributed by atoms with Crippen LogP contribution in [0.1, 0.15) is 37.6 Å². The van der Waals surface area contributed by atoms with Crippen molar-refractivity contribution in [3.05, 3.63) is 22.1 Å². The van der Waals surface area contributed by atoms with Crippen molar-refractivity contribution in [1.29, 1.82) is 0 Å². The Morgan fingerprint density at radius 1 is 1.29 bits per heavy atom. The van der Waals surface area contributed by atoms with Crippen LogP contribution in [0.15, 0.2) is 6.20 Å². The fourth-order valence-electron chi connectivity index (χ4n) is 3.51. The maximum Gasteiger partial charge on any atom is 0.347 e. The lowest BCUT2D eigenvalue weighted by molar-refractivity contribution is -0.391. The van der Waals surface area contributed by atoms with E-state index in [0.29, 0.717) is 5.82 Å². The van der Waals surface area contributed by atoms with Crippen molar-refractivity contribution in [1.82, 2.24) is 18.9 Å². The summed E-state index contributed by atoms with van der Waals surface area (Å²) in [5.41, 5.74) is 0. The fourth-order valence-corrected chi connectivity index (χ4v) is 5.88. The molecule has 3 heterocycles. The Hall–Kier alpha value is -1.28. The molecule has 1 atom stereocenters. The van der Waals surface area contributed by atoms with Gasteiger partial charge in [0, 0.05) is 26.2 Å². The lowest BCUT2D eigenvalue weighted by Gasteiger charge is -2.28. The second kappa shape index (κ2) is 5.91. The minimum atomic E-state index is -3.01. The lowest BCUT2D eigenvalue weighted by atomic mass is 10.0. The van der Waals surface area contributed by atoms with Crippen LogP contribution < -0.4 is 0 Å². The van der Waals surface area contributed by atoms with Crippen LogP contribution in [0.2, 0.25) is 0 Å². The minimum Gasteiger partial charge on any atom is -0.358 e. The SMILES string of the molecule is Cn1c([N+](=O)[O-])cnc1C(OP(=O)(N1CC1)N1CC1)C1CCCC1. The molecule has 0 amide bonds. The van der Waals surface area contributed by atoms with Gasteiger partial charge in [0.2, 0.25) is 5.82 Å². The summed E-state index contributed by atoms with van der Waals surface area (Å²) < 4.78 is 24.8. The van der Waals surface area contributed by atoms with E-state index >= 15 is 0 Å². The highest BCUT2D eigenvalue weighted by Gasteiger charge is 2.52. The molecule has 9 nitrogen and oxygen atoms in total. The van der Waals surface area contributed by atoms with Crippen molar-refractivity contribution in [3.63, 3.8) is 0 Å². The first-order chi connectivity index (χ1) is 11.5. The second-order valence-electron chi connectivity index (χ2n) is 6.76. The lowest BCUT2D eigenvalue weighted by Crippen LogP contribution is -2.21. The molecule has 1 aromatic rings. The zero-order chi connectivity index (χ0) is 16.9. The van der Waals surface area contributed by atoms with Gasteiger partial charge in [-0.3, -0.25) is 9.09 Å². The van der Waals surface area contributed by atoms with Gasteiger partial charge in [-0.1, -0.05) is 12.8 Å². The van der Waals surface area contributed by atoms with E-state index in [1.807, 2.05) is 9.34 Å². The molecule has 0 bridgehead atoms. The van der Waals surface area contributed by atoms with Crippen LogP contribution in [0.4, 0.5) is 5.82 Å². The maximum absolute atomic E-state index is 13.4. The van der Waals surface area contributed by atoms with Crippen molar-refractivity contribution >= 4 is 13.5 Å². The molecular formula is C14H22N5O4P. The molecule has 24 heavy (non-hydrogen) atoms. The van der Waals surface area contributed by atoms with Crippen molar-refractivity contribution in [2.24, 2.45) is 13.0 Å². The van der Waals surface area contributed by atoms with Gasteiger partial charge in [-0.05, 0) is 23.7 Å². The number of nitro groups is 1. The molecule has 2 aliphatic heterocycles. The van der Waals surface area contributed by atoms with Crippen LogP contribution in [-0.4, -0.2) is 50.0 Å². The Morgan fingerprint density at radius 3 is 2.33 bits per heavy atom. The van der Waals surface area contributed by atoms with E-state index in [2.05, 4.69) is 4.98 Å². The average Bonchev–Trinajstić information content (AvgIpc) is 3.47. The number of imidazole rings is 1. The summed E-state index contributed by atoms with van der Waals surface area (Å²) in [6.45, 7) is 3.13. The van der Waals surface area contributed by atoms with Gasteiger partial charge in [0.05, 0.1) is 7.05 Å². The molecule has 1 unspecified atom stereocenters. The van der Waals surface area contributed by atoms with Gasteiger partial charge in [-0.15, -0.1) is 0 Å². The first-order valence-corrected chi connectivity index (χ1v) is 9.99. The molecule has 1 aliphatic carbocycles. The van der Waals surface area contributed by atoms with Crippen LogP contribution in [0.5, 0.6) is 0 Å². The van der Waals surface area contributed by atoms with E-state index in [9.17, 15) is 14.7 Å². The van der Waals surface area contributed by atoms with Gasteiger partial charge in [0.15, 0.2) is 6.10 Å². The number of hydrogen-bond donors (Lipinski definition) is 0. The summed E-state index contributed by atoms with van der Waals surface area (Å²) in [6.07, 6.45) is 4.97. The molecule has 10 heteroatoms. The summed E-state index contributed by atoms with van der Waals surface area (Å²) in [6, 6.07) is 0. The molecular weight excluding hydrogens is 333 g/mol. The molecule has 3 aliphatic rings. The Balaban J connectivity index is 1.67. The molecule has 1 saturated carbocycles. The largest absolute Gasteiger partial charge is 0.358 e. The Morgan fingerprint density at radius 2 is 1.88 bits per heavy atom. The number of rotatable bonds is 7. The van der Waals surface area contributed by atoms with Gasteiger partial charge < -0.3 is 10.1 Å². The van der Waals surface area contributed by atoms with Gasteiger partial charge in [-0.25, -0.2) is 18.9 Å². The van der Waals surface area contributed by atoms with Crippen molar-refractivity contribution in [3.8, 4) is 0 Å². The first-order valence-electron chi connectivity index (χ1n) is 8.46. The maximum atomic E-state index is 13.4. The van der Waals surface area contributed by atoms with Gasteiger partial charge in [0.1, 0.15) is 6.20 Å². The molecule has 2 saturated heterocycles. The molecule has 3 fully saturated rings. The number of nitrogens with zero attached hydrogens (tertiary/aromatic N) is 5. The standard InChI is InChI=1S/C14H22N5O4P/c1-16-12(19(20)21)10-15-14(16)13(11-4-2-3-5-11)23-24(22,17-6-7-17)18-8-9-18/h10-11,13H,2-9H2,1H3. The summed E-state index contributed by atoms with van der Waals surface area (Å²) in [4.78, 5) is 14.9. The van der Waals surface area contributed by atoms with Crippen LogP contribution in [0, 0.1) is 16.0 Å². The van der Waals surface area contributed by atoms with Crippen LogP contribution in [0.25, 0.3) is 0 Å². The minimum absolute atomic E-state index is 0.0649. The van der Waals surface area contributed by atoms with E-state index in [4.69, 9.17) is 4.52 Å². The molecule has 4 rings (SSSR count). The quantitative estimate of drug-likeness (QED) is 0.321. The summed E-state index contributed by atoms with van der Waals surface area (Å²) >= 11 is 0. The zero-order valence-corrected chi connectivity index (χ0v) is 14.6. The van der Waals surface area contributed by atoms with Crippen LogP contribution >= 0.6 is 7.67 Å². The topological polar surface area (TPSA) is 93.3 Å². The van der Waals surface area contributed by atoms with Crippen molar-refractivity contribution in [2.75, 3.05) is 26.2 Å². The van der Waals surface area contributed by atoms with Crippen molar-refractivity contribution < 1.29 is 14.0 Å². The van der Waals surface area contributed by atoms with Gasteiger partial charge in [0.25, 0.3) is 0 Å². The Bertz CT molecular complexity index is 677. The van der Waals surface area contributed by atoms with Crippen LogP contribution in [-0.2, 0) is 16.1 Å². The predicted molar refractivity (Wildman–Crippen MR) is 86.4 cm³/mol. The summed E-state index contributed by atoms with van der Waals surface area (Å²) in [7, 11) is -1.38. The third kappa shape index (κ3) is 2.79. The first kappa shape index (κ1) is 16.2. The van der Waals surface area contributed by atoms with Crippen LogP contribution in [0.3, 0.4) is 0 Å². The smallest absolute Gasteiger partial charge is 0.347 e. The third-order valence-electron chi connectivity index (χ3n) is 5.08. The van der Waals surface area contributed by atoms with Crippen molar-refractivity contribution in [2.45, 2.75) is 31.8 Å². The molecule has 132 valence electrons. The highest BCUT2D eigenvalue weighted by atomic mass is 31.2. The molecule has 0 radical (unpaired) electrons. The second-order valence-corrected chi connectivity index (χ2v) is 9.08. The fraction of sp³-hybridized carbons (Fsp3) is 0.786. The Labute approximate surface area is 140 Å². The third-order valence-corrected chi connectivity index (χ3v) is 7.81. The molecule has 0 aromatic carbocycles. The highest BCUT2D eigenvalue weighted by molar-refractivity contribution is 7.54. The van der Waals surface area contributed by atoms with E-state index in [1.54, 1.807) is 7.05 Å². The zero-order valence-electron chi connectivity index (χ0n) is 13.7. The van der Waals surface area contributed by atoms with E-state index in [-0.39, 0.29) is 11.7 Å². The average molecular weight is 355 g/mol. The normalized spacial score (nSPS) is 23.5. The van der Waals surface area contributed by atoms with Gasteiger partial charge >= 0.3 is 13.5 Å². The number of hydrogen-bond acceptors (Lipinski definition) is 5. The number of aromatic nitrogens is 2. The molecule has 1 aromatic heterocycles.